The molecule has 132 valence electrons. The maximum atomic E-state index is 5.53. The van der Waals surface area contributed by atoms with Crippen LogP contribution >= 0.6 is 0 Å². The van der Waals surface area contributed by atoms with E-state index in [1.807, 2.05) is 23.9 Å². The van der Waals surface area contributed by atoms with E-state index in [0.29, 0.717) is 19.0 Å². The van der Waals surface area contributed by atoms with Crippen molar-refractivity contribution >= 4 is 0 Å². The summed E-state index contributed by atoms with van der Waals surface area (Å²) in [7, 11) is 3.59. The van der Waals surface area contributed by atoms with Gasteiger partial charge in [-0.25, -0.2) is 14.6 Å². The molecule has 0 aromatic carbocycles. The molecule has 3 aromatic rings. The second kappa shape index (κ2) is 7.48. The molecule has 3 aromatic heterocycles. The smallest absolute Gasteiger partial charge is 0.216 e. The summed E-state index contributed by atoms with van der Waals surface area (Å²) in [4.78, 5) is 8.57. The van der Waals surface area contributed by atoms with Gasteiger partial charge in [-0.05, 0) is 12.0 Å². The maximum absolute atomic E-state index is 5.53. The van der Waals surface area contributed by atoms with E-state index >= 15 is 0 Å². The summed E-state index contributed by atoms with van der Waals surface area (Å²) in [5.41, 5.74) is 3.27. The van der Waals surface area contributed by atoms with Gasteiger partial charge in [-0.15, -0.1) is 0 Å². The highest BCUT2D eigenvalue weighted by molar-refractivity contribution is 5.35. The van der Waals surface area contributed by atoms with Gasteiger partial charge in [-0.2, -0.15) is 5.10 Å². The topological polar surface area (TPSA) is 69.8 Å². The zero-order valence-electron chi connectivity index (χ0n) is 15.1. The lowest BCUT2D eigenvalue weighted by Crippen LogP contribution is -2.16. The number of nitrogens with one attached hydrogen (secondary N) is 1. The molecule has 0 atom stereocenters. The highest BCUT2D eigenvalue weighted by Crippen LogP contribution is 2.27. The molecule has 0 unspecified atom stereocenters. The number of aryl methyl sites for hydroxylation is 1. The first-order valence-electron chi connectivity index (χ1n) is 8.34. The van der Waals surface area contributed by atoms with Gasteiger partial charge in [-0.1, -0.05) is 19.9 Å². The van der Waals surface area contributed by atoms with Crippen LogP contribution in [0.25, 0.3) is 5.82 Å². The van der Waals surface area contributed by atoms with Gasteiger partial charge in [0.2, 0.25) is 5.88 Å². The Morgan fingerprint density at radius 1 is 1.24 bits per heavy atom. The van der Waals surface area contributed by atoms with Crippen LogP contribution in [0.3, 0.4) is 0 Å². The van der Waals surface area contributed by atoms with Crippen molar-refractivity contribution < 1.29 is 4.74 Å². The third-order valence-corrected chi connectivity index (χ3v) is 4.09. The Morgan fingerprint density at radius 2 is 2.08 bits per heavy atom. The average Bonchev–Trinajstić information content (AvgIpc) is 3.23. The predicted molar refractivity (Wildman–Crippen MR) is 95.8 cm³/mol. The fourth-order valence-corrected chi connectivity index (χ4v) is 2.96. The Labute approximate surface area is 147 Å². The van der Waals surface area contributed by atoms with Crippen LogP contribution < -0.4 is 10.1 Å². The van der Waals surface area contributed by atoms with Crippen LogP contribution in [0.5, 0.6) is 5.88 Å². The third-order valence-electron chi connectivity index (χ3n) is 4.09. The molecule has 0 saturated carbocycles. The zero-order valence-corrected chi connectivity index (χ0v) is 15.1. The number of nitrogens with zero attached hydrogens (tertiary/aromatic N) is 5. The highest BCUT2D eigenvalue weighted by Gasteiger charge is 2.19. The molecule has 0 saturated heterocycles. The number of methoxy groups -OCH3 is 1. The Balaban J connectivity index is 1.77. The summed E-state index contributed by atoms with van der Waals surface area (Å²) >= 11 is 0. The van der Waals surface area contributed by atoms with Crippen LogP contribution in [0.1, 0.15) is 36.6 Å². The Kier molecular flexibility index (Phi) is 5.14. The van der Waals surface area contributed by atoms with Gasteiger partial charge in [0, 0.05) is 44.3 Å². The second-order valence-electron chi connectivity index (χ2n) is 6.21. The molecule has 0 aliphatic rings. The Hall–Kier alpha value is -2.67. The van der Waals surface area contributed by atoms with Crippen molar-refractivity contribution in [2.24, 2.45) is 7.05 Å². The summed E-state index contributed by atoms with van der Waals surface area (Å²) in [6, 6.07) is 4.01. The van der Waals surface area contributed by atoms with Gasteiger partial charge < -0.3 is 10.1 Å². The molecule has 0 radical (unpaired) electrons. The van der Waals surface area contributed by atoms with E-state index in [0.717, 1.165) is 28.5 Å². The van der Waals surface area contributed by atoms with E-state index in [9.17, 15) is 0 Å². The van der Waals surface area contributed by atoms with Gasteiger partial charge in [0.05, 0.1) is 18.4 Å². The first kappa shape index (κ1) is 17.2. The summed E-state index contributed by atoms with van der Waals surface area (Å²) in [6.45, 7) is 5.66. The van der Waals surface area contributed by atoms with Gasteiger partial charge in [0.15, 0.2) is 0 Å². The van der Waals surface area contributed by atoms with E-state index in [1.54, 1.807) is 30.5 Å². The molecular weight excluding hydrogens is 316 g/mol. The minimum absolute atomic E-state index is 0.340. The predicted octanol–water partition coefficient (Wildman–Crippen LogP) is 2.42. The van der Waals surface area contributed by atoms with Crippen LogP contribution in [0.15, 0.2) is 37.1 Å². The molecule has 0 aliphatic heterocycles. The molecular formula is C18H24N6O. The van der Waals surface area contributed by atoms with Crippen molar-refractivity contribution in [1.82, 2.24) is 29.6 Å². The lowest BCUT2D eigenvalue weighted by atomic mass is 10.1. The second-order valence-corrected chi connectivity index (χ2v) is 6.21. The van der Waals surface area contributed by atoms with Crippen molar-refractivity contribution in [2.75, 3.05) is 7.11 Å². The first-order chi connectivity index (χ1) is 12.1. The monoisotopic (exact) mass is 340 g/mol. The third kappa shape index (κ3) is 3.56. The first-order valence-corrected chi connectivity index (χ1v) is 8.34. The van der Waals surface area contributed by atoms with Crippen molar-refractivity contribution in [2.45, 2.75) is 32.9 Å². The fourth-order valence-electron chi connectivity index (χ4n) is 2.96. The molecule has 7 nitrogen and oxygen atoms in total. The number of rotatable bonds is 7. The minimum atomic E-state index is 0.340. The maximum Gasteiger partial charge on any atom is 0.216 e. The molecule has 0 aliphatic carbocycles. The minimum Gasteiger partial charge on any atom is -0.481 e. The van der Waals surface area contributed by atoms with E-state index < -0.39 is 0 Å². The average molecular weight is 340 g/mol. The van der Waals surface area contributed by atoms with Crippen LogP contribution in [0, 0.1) is 0 Å². The molecule has 0 bridgehead atoms. The number of imidazole rings is 1. The normalized spacial score (nSPS) is 11.2. The van der Waals surface area contributed by atoms with Crippen LogP contribution in [-0.4, -0.2) is 31.4 Å². The summed E-state index contributed by atoms with van der Waals surface area (Å²) in [5.74, 6) is 2.03. The number of ether oxygens (including phenoxy) is 1. The molecule has 7 heteroatoms. The number of hydrogen-bond donors (Lipinski definition) is 1. The van der Waals surface area contributed by atoms with Gasteiger partial charge in [0.1, 0.15) is 12.1 Å². The largest absolute Gasteiger partial charge is 0.481 e. The lowest BCUT2D eigenvalue weighted by Gasteiger charge is -2.12. The Morgan fingerprint density at radius 3 is 2.76 bits per heavy atom. The quantitative estimate of drug-likeness (QED) is 0.715. The molecule has 1 N–H and O–H groups in total. The van der Waals surface area contributed by atoms with E-state index in [2.05, 4.69) is 40.3 Å². The summed E-state index contributed by atoms with van der Waals surface area (Å²) in [6.07, 6.45) is 7.20. The molecule has 0 fully saturated rings. The fraction of sp³-hybridized carbons (Fsp3) is 0.389. The molecule has 25 heavy (non-hydrogen) atoms. The molecule has 3 rings (SSSR count). The van der Waals surface area contributed by atoms with Gasteiger partial charge in [0.25, 0.3) is 0 Å². The highest BCUT2D eigenvalue weighted by atomic mass is 16.5. The van der Waals surface area contributed by atoms with E-state index in [1.165, 1.54) is 0 Å². The van der Waals surface area contributed by atoms with E-state index in [4.69, 9.17) is 4.74 Å². The van der Waals surface area contributed by atoms with Crippen molar-refractivity contribution in [3.63, 3.8) is 0 Å². The number of aromatic nitrogens is 5. The van der Waals surface area contributed by atoms with Crippen LogP contribution in [0.4, 0.5) is 0 Å². The van der Waals surface area contributed by atoms with Crippen LogP contribution in [-0.2, 0) is 20.1 Å². The molecule has 0 spiro atoms. The molecule has 0 amide bonds. The number of pyridine rings is 1. The van der Waals surface area contributed by atoms with Crippen LogP contribution in [0.2, 0.25) is 0 Å². The summed E-state index contributed by atoms with van der Waals surface area (Å²) < 4.78 is 9.24. The number of hydrogen-bond acceptors (Lipinski definition) is 5. The van der Waals surface area contributed by atoms with E-state index in [-0.39, 0.29) is 0 Å². The van der Waals surface area contributed by atoms with Crippen molar-refractivity contribution in [3.8, 4) is 11.7 Å². The Bertz CT molecular complexity index is 822. The lowest BCUT2D eigenvalue weighted by molar-refractivity contribution is 0.368. The van der Waals surface area contributed by atoms with Crippen molar-refractivity contribution in [1.29, 1.82) is 0 Å². The summed E-state index contributed by atoms with van der Waals surface area (Å²) in [5, 5.41) is 8.09. The SMILES string of the molecule is COc1c(CNCc2cccnc2-n2ccnc2)c(C(C)C)nn1C. The molecule has 3 heterocycles. The zero-order chi connectivity index (χ0) is 17.8. The standard InChI is InChI=1S/C18H24N6O/c1-13(2)16-15(18(25-4)23(3)22-16)11-20-10-14-6-5-7-21-17(14)24-9-8-19-12-24/h5-9,12-13,20H,10-11H2,1-4H3. The van der Waals surface area contributed by atoms with Gasteiger partial charge in [-0.3, -0.25) is 4.57 Å². The van der Waals surface area contributed by atoms with Crippen molar-refractivity contribution in [3.05, 3.63) is 53.9 Å². The van der Waals surface area contributed by atoms with Gasteiger partial charge >= 0.3 is 0 Å².